The average Bonchev–Trinajstić information content (AvgIpc) is 2.02. The molecule has 0 saturated heterocycles. The Kier molecular flexibility index (Phi) is 6.24. The first-order chi connectivity index (χ1) is 6.04. The number of carboxylic acid groups (broad SMARTS) is 1. The van der Waals surface area contributed by atoms with Crippen LogP contribution in [0.15, 0.2) is 12.2 Å². The molecule has 0 aromatic rings. The predicted octanol–water partition coefficient (Wildman–Crippen LogP) is 1.81. The van der Waals surface area contributed by atoms with E-state index in [1.807, 2.05) is 13.0 Å². The molecule has 0 aliphatic rings. The van der Waals surface area contributed by atoms with Gasteiger partial charge >= 0.3 is 5.97 Å². The number of allylic oxidation sites excluding steroid dienone is 1. The van der Waals surface area contributed by atoms with Crippen LogP contribution in [0.1, 0.15) is 33.1 Å². The maximum Gasteiger partial charge on any atom is 0.307 e. The van der Waals surface area contributed by atoms with Gasteiger partial charge in [-0.3, -0.25) is 4.79 Å². The lowest BCUT2D eigenvalue weighted by atomic mass is 10.0. The van der Waals surface area contributed by atoms with Crippen molar-refractivity contribution in [3.05, 3.63) is 12.2 Å². The second-order valence-corrected chi connectivity index (χ2v) is 3.36. The molecule has 0 bridgehead atoms. The fourth-order valence-electron chi connectivity index (χ4n) is 0.902. The van der Waals surface area contributed by atoms with Gasteiger partial charge in [-0.15, -0.1) is 0 Å². The smallest absolute Gasteiger partial charge is 0.307 e. The Morgan fingerprint density at radius 1 is 1.38 bits per heavy atom. The second kappa shape index (κ2) is 6.66. The number of aliphatic hydroxyl groups is 1. The fourth-order valence-corrected chi connectivity index (χ4v) is 0.902. The van der Waals surface area contributed by atoms with E-state index >= 15 is 0 Å². The van der Waals surface area contributed by atoms with Crippen molar-refractivity contribution in [1.29, 1.82) is 0 Å². The van der Waals surface area contributed by atoms with Crippen LogP contribution < -0.4 is 0 Å². The molecule has 3 heteroatoms. The molecule has 2 N–H and O–H groups in total. The van der Waals surface area contributed by atoms with Gasteiger partial charge in [0.2, 0.25) is 0 Å². The molecule has 0 rings (SSSR count). The lowest BCUT2D eigenvalue weighted by Gasteiger charge is -2.12. The molecule has 13 heavy (non-hydrogen) atoms. The number of hydrogen-bond acceptors (Lipinski definition) is 2. The zero-order valence-electron chi connectivity index (χ0n) is 8.23. The van der Waals surface area contributed by atoms with Crippen molar-refractivity contribution in [2.75, 3.05) is 0 Å². The monoisotopic (exact) mass is 186 g/mol. The first kappa shape index (κ1) is 12.2. The van der Waals surface area contributed by atoms with Crippen molar-refractivity contribution in [2.24, 2.45) is 5.92 Å². The van der Waals surface area contributed by atoms with Crippen LogP contribution in [0.3, 0.4) is 0 Å². The number of aliphatic carboxylic acids is 1. The molecule has 0 radical (unpaired) electrons. The molecule has 0 aromatic carbocycles. The van der Waals surface area contributed by atoms with Crippen LogP contribution in [0.25, 0.3) is 0 Å². The molecule has 0 aliphatic heterocycles. The zero-order chi connectivity index (χ0) is 10.3. The first-order valence-corrected chi connectivity index (χ1v) is 4.59. The Morgan fingerprint density at radius 2 is 2.00 bits per heavy atom. The van der Waals surface area contributed by atoms with Gasteiger partial charge in [0.05, 0.1) is 12.5 Å². The third kappa shape index (κ3) is 7.53. The molecule has 0 aliphatic carbocycles. The Labute approximate surface area is 79.1 Å². The summed E-state index contributed by atoms with van der Waals surface area (Å²) in [6.45, 7) is 3.75. The van der Waals surface area contributed by atoms with Crippen molar-refractivity contribution in [1.82, 2.24) is 0 Å². The van der Waals surface area contributed by atoms with E-state index in [9.17, 15) is 4.79 Å². The minimum absolute atomic E-state index is 0.0864. The van der Waals surface area contributed by atoms with Gasteiger partial charge in [0, 0.05) is 0 Å². The highest BCUT2D eigenvalue weighted by molar-refractivity contribution is 5.68. The summed E-state index contributed by atoms with van der Waals surface area (Å²) in [5.41, 5.74) is 0. The maximum absolute atomic E-state index is 10.1. The van der Waals surface area contributed by atoms with E-state index in [2.05, 4.69) is 0 Å². The topological polar surface area (TPSA) is 57.5 Å². The van der Waals surface area contributed by atoms with Crippen LogP contribution in [0.4, 0.5) is 0 Å². The Balaban J connectivity index is 3.44. The standard InChI is InChI=1S/C10H18O3/c1-8(9(2)11)6-4-3-5-7-10(12)13/h3,5,8-9,11H,4,6-7H2,1-2H3,(H,12,13). The van der Waals surface area contributed by atoms with Gasteiger partial charge in [-0.1, -0.05) is 19.1 Å². The predicted molar refractivity (Wildman–Crippen MR) is 51.5 cm³/mol. The van der Waals surface area contributed by atoms with Crippen molar-refractivity contribution < 1.29 is 15.0 Å². The third-order valence-electron chi connectivity index (χ3n) is 2.07. The SMILES string of the molecule is CC(O)C(C)CCC=CCC(=O)O. The molecule has 2 atom stereocenters. The van der Waals surface area contributed by atoms with Crippen LogP contribution >= 0.6 is 0 Å². The van der Waals surface area contributed by atoms with Gasteiger partial charge in [-0.25, -0.2) is 0 Å². The minimum Gasteiger partial charge on any atom is -0.481 e. The maximum atomic E-state index is 10.1. The molecular weight excluding hydrogens is 168 g/mol. The summed E-state index contributed by atoms with van der Waals surface area (Å²) in [7, 11) is 0. The molecule has 3 nitrogen and oxygen atoms in total. The van der Waals surface area contributed by atoms with E-state index in [0.29, 0.717) is 0 Å². The van der Waals surface area contributed by atoms with E-state index in [1.54, 1.807) is 13.0 Å². The van der Waals surface area contributed by atoms with Crippen molar-refractivity contribution in [3.63, 3.8) is 0 Å². The van der Waals surface area contributed by atoms with Crippen LogP contribution in [0, 0.1) is 5.92 Å². The number of aliphatic hydroxyl groups excluding tert-OH is 1. The first-order valence-electron chi connectivity index (χ1n) is 4.59. The van der Waals surface area contributed by atoms with E-state index < -0.39 is 5.97 Å². The van der Waals surface area contributed by atoms with Gasteiger partial charge in [0.25, 0.3) is 0 Å². The molecule has 0 heterocycles. The Hall–Kier alpha value is -0.830. The van der Waals surface area contributed by atoms with Gasteiger partial charge in [0.1, 0.15) is 0 Å². The van der Waals surface area contributed by atoms with Crippen LogP contribution in [-0.2, 0) is 4.79 Å². The summed E-state index contributed by atoms with van der Waals surface area (Å²) < 4.78 is 0. The molecule has 0 saturated carbocycles. The quantitative estimate of drug-likeness (QED) is 0.622. The average molecular weight is 186 g/mol. The van der Waals surface area contributed by atoms with Crippen LogP contribution in [0.5, 0.6) is 0 Å². The molecule has 0 aromatic heterocycles. The summed E-state index contributed by atoms with van der Waals surface area (Å²) in [4.78, 5) is 10.1. The molecule has 0 spiro atoms. The Bertz CT molecular complexity index is 173. The van der Waals surface area contributed by atoms with Crippen molar-refractivity contribution in [3.8, 4) is 0 Å². The lowest BCUT2D eigenvalue weighted by molar-refractivity contribution is -0.136. The van der Waals surface area contributed by atoms with Crippen LogP contribution in [-0.4, -0.2) is 22.3 Å². The zero-order valence-corrected chi connectivity index (χ0v) is 8.23. The third-order valence-corrected chi connectivity index (χ3v) is 2.07. The van der Waals surface area contributed by atoms with Crippen molar-refractivity contribution in [2.45, 2.75) is 39.2 Å². The summed E-state index contributed by atoms with van der Waals surface area (Å²) in [5, 5.41) is 17.5. The normalized spacial score (nSPS) is 15.9. The second-order valence-electron chi connectivity index (χ2n) is 3.36. The highest BCUT2D eigenvalue weighted by Crippen LogP contribution is 2.10. The molecule has 2 unspecified atom stereocenters. The van der Waals surface area contributed by atoms with Crippen LogP contribution in [0.2, 0.25) is 0 Å². The lowest BCUT2D eigenvalue weighted by Crippen LogP contribution is -2.12. The van der Waals surface area contributed by atoms with Gasteiger partial charge in [-0.05, 0) is 25.7 Å². The number of carbonyl (C=O) groups is 1. The Morgan fingerprint density at radius 3 is 2.46 bits per heavy atom. The fraction of sp³-hybridized carbons (Fsp3) is 0.700. The van der Waals surface area contributed by atoms with Gasteiger partial charge in [-0.2, -0.15) is 0 Å². The van der Waals surface area contributed by atoms with Gasteiger partial charge in [0.15, 0.2) is 0 Å². The molecule has 0 amide bonds. The van der Waals surface area contributed by atoms with E-state index in [4.69, 9.17) is 10.2 Å². The summed E-state index contributed by atoms with van der Waals surface area (Å²) in [5.74, 6) is -0.533. The summed E-state index contributed by atoms with van der Waals surface area (Å²) in [6.07, 6.45) is 5.04. The van der Waals surface area contributed by atoms with E-state index in [0.717, 1.165) is 12.8 Å². The van der Waals surface area contributed by atoms with Gasteiger partial charge < -0.3 is 10.2 Å². The number of hydrogen-bond donors (Lipinski definition) is 2. The van der Waals surface area contributed by atoms with Crippen molar-refractivity contribution >= 4 is 5.97 Å². The highest BCUT2D eigenvalue weighted by atomic mass is 16.4. The number of rotatable bonds is 6. The molecule has 0 fully saturated rings. The summed E-state index contributed by atoms with van der Waals surface area (Å²) in [6, 6.07) is 0. The van der Waals surface area contributed by atoms with E-state index in [-0.39, 0.29) is 18.4 Å². The summed E-state index contributed by atoms with van der Waals surface area (Å²) >= 11 is 0. The minimum atomic E-state index is -0.806. The highest BCUT2D eigenvalue weighted by Gasteiger charge is 2.06. The molecular formula is C10H18O3. The molecule has 76 valence electrons. The van der Waals surface area contributed by atoms with E-state index in [1.165, 1.54) is 0 Å². The largest absolute Gasteiger partial charge is 0.481 e. The number of carboxylic acids is 1.